The molecule has 0 N–H and O–H groups in total. The first-order chi connectivity index (χ1) is 9.36. The SMILES string of the molecule is O=Cc1c(-c2cc3ccccc3o2)nc2sccn12. The van der Waals surface area contributed by atoms with Crippen molar-refractivity contribution in [1.82, 2.24) is 9.38 Å². The third kappa shape index (κ3) is 1.45. The van der Waals surface area contributed by atoms with Crippen LogP contribution in [0.25, 0.3) is 27.4 Å². The van der Waals surface area contributed by atoms with Gasteiger partial charge in [-0.05, 0) is 12.1 Å². The number of furan rings is 1. The summed E-state index contributed by atoms with van der Waals surface area (Å²) >= 11 is 1.49. The average Bonchev–Trinajstić information content (AvgIpc) is 3.10. The summed E-state index contributed by atoms with van der Waals surface area (Å²) in [6.45, 7) is 0. The first-order valence-corrected chi connectivity index (χ1v) is 6.64. The first-order valence-electron chi connectivity index (χ1n) is 5.76. The lowest BCUT2D eigenvalue weighted by Crippen LogP contribution is -1.88. The maximum absolute atomic E-state index is 11.3. The Labute approximate surface area is 111 Å². The zero-order valence-corrected chi connectivity index (χ0v) is 10.6. The van der Waals surface area contributed by atoms with Crippen molar-refractivity contribution in [3.8, 4) is 11.5 Å². The van der Waals surface area contributed by atoms with Gasteiger partial charge in [-0.1, -0.05) is 18.2 Å². The van der Waals surface area contributed by atoms with Crippen molar-refractivity contribution >= 4 is 33.6 Å². The highest BCUT2D eigenvalue weighted by Gasteiger charge is 2.17. The van der Waals surface area contributed by atoms with Crippen molar-refractivity contribution in [3.05, 3.63) is 47.6 Å². The third-order valence-electron chi connectivity index (χ3n) is 3.07. The zero-order valence-electron chi connectivity index (χ0n) is 9.74. The van der Waals surface area contributed by atoms with Gasteiger partial charge in [0.25, 0.3) is 0 Å². The standard InChI is InChI=1S/C14H8N2O2S/c17-8-10-13(15-14-16(10)5-6-19-14)12-7-9-3-1-2-4-11(9)18-12/h1-8H. The number of nitrogens with zero attached hydrogens (tertiary/aromatic N) is 2. The molecule has 1 aromatic carbocycles. The van der Waals surface area contributed by atoms with E-state index in [1.54, 1.807) is 4.40 Å². The summed E-state index contributed by atoms with van der Waals surface area (Å²) in [7, 11) is 0. The van der Waals surface area contributed by atoms with Gasteiger partial charge in [-0.2, -0.15) is 0 Å². The van der Waals surface area contributed by atoms with Crippen LogP contribution in [0.5, 0.6) is 0 Å². The van der Waals surface area contributed by atoms with E-state index < -0.39 is 0 Å². The molecule has 0 saturated carbocycles. The van der Waals surface area contributed by atoms with Crippen LogP contribution in [0.1, 0.15) is 10.5 Å². The van der Waals surface area contributed by atoms with E-state index in [2.05, 4.69) is 4.98 Å². The van der Waals surface area contributed by atoms with Crippen LogP contribution in [0.2, 0.25) is 0 Å². The van der Waals surface area contributed by atoms with Crippen LogP contribution < -0.4 is 0 Å². The number of carbonyl (C=O) groups excluding carboxylic acids is 1. The lowest BCUT2D eigenvalue weighted by Gasteiger charge is -1.92. The number of rotatable bonds is 2. The maximum atomic E-state index is 11.3. The van der Waals surface area contributed by atoms with E-state index in [9.17, 15) is 4.79 Å². The minimum atomic E-state index is 0.523. The first kappa shape index (κ1) is 10.5. The van der Waals surface area contributed by atoms with Crippen LogP contribution >= 0.6 is 11.3 Å². The molecule has 4 rings (SSSR count). The maximum Gasteiger partial charge on any atom is 0.194 e. The normalized spacial score (nSPS) is 11.4. The monoisotopic (exact) mass is 268 g/mol. The quantitative estimate of drug-likeness (QED) is 0.522. The highest BCUT2D eigenvalue weighted by atomic mass is 32.1. The molecule has 0 radical (unpaired) electrons. The van der Waals surface area contributed by atoms with Gasteiger partial charge in [-0.15, -0.1) is 11.3 Å². The van der Waals surface area contributed by atoms with Gasteiger partial charge in [0.15, 0.2) is 17.0 Å². The van der Waals surface area contributed by atoms with Gasteiger partial charge in [-0.3, -0.25) is 9.20 Å². The molecule has 0 unspecified atom stereocenters. The summed E-state index contributed by atoms with van der Waals surface area (Å²) in [6.07, 6.45) is 2.65. The Bertz CT molecular complexity index is 867. The molecule has 19 heavy (non-hydrogen) atoms. The third-order valence-corrected chi connectivity index (χ3v) is 3.83. The summed E-state index contributed by atoms with van der Waals surface area (Å²) in [5.74, 6) is 0.624. The van der Waals surface area contributed by atoms with Gasteiger partial charge < -0.3 is 4.42 Å². The van der Waals surface area contributed by atoms with Crippen LogP contribution in [0.15, 0.2) is 46.3 Å². The number of thiazole rings is 1. The fourth-order valence-electron chi connectivity index (χ4n) is 2.20. The van der Waals surface area contributed by atoms with Gasteiger partial charge >= 0.3 is 0 Å². The van der Waals surface area contributed by atoms with Crippen LogP contribution in [-0.4, -0.2) is 15.7 Å². The lowest BCUT2D eigenvalue weighted by molar-refractivity contribution is 0.111. The number of benzene rings is 1. The van der Waals surface area contributed by atoms with Crippen molar-refractivity contribution < 1.29 is 9.21 Å². The molecule has 0 fully saturated rings. The van der Waals surface area contributed by atoms with Crippen molar-refractivity contribution in [2.24, 2.45) is 0 Å². The molecule has 3 heterocycles. The van der Waals surface area contributed by atoms with Gasteiger partial charge in [0.05, 0.1) is 0 Å². The summed E-state index contributed by atoms with van der Waals surface area (Å²) < 4.78 is 7.54. The lowest BCUT2D eigenvalue weighted by atomic mass is 10.2. The molecule has 5 heteroatoms. The van der Waals surface area contributed by atoms with Crippen molar-refractivity contribution in [2.75, 3.05) is 0 Å². The van der Waals surface area contributed by atoms with Gasteiger partial charge in [0.2, 0.25) is 0 Å². The molecule has 0 atom stereocenters. The van der Waals surface area contributed by atoms with E-state index in [1.165, 1.54) is 11.3 Å². The van der Waals surface area contributed by atoms with Crippen LogP contribution in [0, 0.1) is 0 Å². The number of carbonyl (C=O) groups is 1. The number of aldehydes is 1. The zero-order chi connectivity index (χ0) is 12.8. The number of para-hydroxylation sites is 1. The van der Waals surface area contributed by atoms with E-state index >= 15 is 0 Å². The molecular formula is C14H8N2O2S. The molecule has 0 amide bonds. The summed E-state index contributed by atoms with van der Waals surface area (Å²) in [6, 6.07) is 9.66. The number of hydrogen-bond acceptors (Lipinski definition) is 4. The van der Waals surface area contributed by atoms with Gasteiger partial charge in [0.1, 0.15) is 17.0 Å². The molecule has 4 aromatic rings. The Morgan fingerprint density at radius 1 is 1.32 bits per heavy atom. The van der Waals surface area contributed by atoms with E-state index in [-0.39, 0.29) is 0 Å². The predicted octanol–water partition coefficient (Wildman–Crippen LogP) is 3.62. The molecule has 4 nitrogen and oxygen atoms in total. The minimum absolute atomic E-state index is 0.523. The number of imidazole rings is 1. The molecular weight excluding hydrogens is 260 g/mol. The molecule has 92 valence electrons. The fourth-order valence-corrected chi connectivity index (χ4v) is 2.92. The second kappa shape index (κ2) is 3.80. The Hall–Kier alpha value is -2.40. The van der Waals surface area contributed by atoms with E-state index in [1.807, 2.05) is 41.9 Å². The Morgan fingerprint density at radius 2 is 2.21 bits per heavy atom. The van der Waals surface area contributed by atoms with Crippen molar-refractivity contribution in [3.63, 3.8) is 0 Å². The van der Waals surface area contributed by atoms with E-state index in [0.717, 1.165) is 22.2 Å². The number of fused-ring (bicyclic) bond motifs is 2. The molecule has 3 aromatic heterocycles. The molecule has 0 aliphatic heterocycles. The largest absolute Gasteiger partial charge is 0.454 e. The molecule has 0 aliphatic rings. The van der Waals surface area contributed by atoms with E-state index in [4.69, 9.17) is 4.42 Å². The molecule has 0 bridgehead atoms. The second-order valence-electron chi connectivity index (χ2n) is 4.17. The minimum Gasteiger partial charge on any atom is -0.454 e. The summed E-state index contributed by atoms with van der Waals surface area (Å²) in [5, 5.41) is 2.91. The smallest absolute Gasteiger partial charge is 0.194 e. The van der Waals surface area contributed by atoms with Gasteiger partial charge in [-0.25, -0.2) is 4.98 Å². The molecule has 0 aliphatic carbocycles. The molecule has 0 spiro atoms. The average molecular weight is 268 g/mol. The van der Waals surface area contributed by atoms with Crippen LogP contribution in [0.3, 0.4) is 0 Å². The summed E-state index contributed by atoms with van der Waals surface area (Å²) in [4.78, 5) is 16.5. The van der Waals surface area contributed by atoms with Gasteiger partial charge in [0, 0.05) is 17.0 Å². The van der Waals surface area contributed by atoms with E-state index in [0.29, 0.717) is 17.1 Å². The Morgan fingerprint density at radius 3 is 3.05 bits per heavy atom. The van der Waals surface area contributed by atoms with Crippen LogP contribution in [0.4, 0.5) is 0 Å². The Kier molecular flexibility index (Phi) is 2.10. The van der Waals surface area contributed by atoms with Crippen LogP contribution in [-0.2, 0) is 0 Å². The van der Waals surface area contributed by atoms with Crippen molar-refractivity contribution in [1.29, 1.82) is 0 Å². The predicted molar refractivity (Wildman–Crippen MR) is 73.7 cm³/mol. The Balaban J connectivity index is 2.02. The second-order valence-corrected chi connectivity index (χ2v) is 5.04. The highest BCUT2D eigenvalue weighted by Crippen LogP contribution is 2.30. The number of hydrogen-bond donors (Lipinski definition) is 0. The van der Waals surface area contributed by atoms with Crippen molar-refractivity contribution in [2.45, 2.75) is 0 Å². The highest BCUT2D eigenvalue weighted by molar-refractivity contribution is 7.15. The molecule has 0 saturated heterocycles. The topological polar surface area (TPSA) is 47.5 Å². The fraction of sp³-hybridized carbons (Fsp3) is 0. The number of aromatic nitrogens is 2. The summed E-state index contributed by atoms with van der Waals surface area (Å²) in [5.41, 5.74) is 1.92.